The fraction of sp³-hybridized carbons (Fsp3) is 0.917. The zero-order chi connectivity index (χ0) is 12.5. The monoisotopic (exact) mass is 246 g/mol. The molecular weight excluding hydrogens is 226 g/mol. The summed E-state index contributed by atoms with van der Waals surface area (Å²) in [5.74, 6) is -2.40. The van der Waals surface area contributed by atoms with Gasteiger partial charge in [0.15, 0.2) is 0 Å². The molecule has 17 heavy (non-hydrogen) atoms. The van der Waals surface area contributed by atoms with Crippen LogP contribution in [0.2, 0.25) is 0 Å². The molecule has 0 aromatic heterocycles. The Morgan fingerprint density at radius 1 is 1.29 bits per heavy atom. The first-order valence-electron chi connectivity index (χ1n) is 6.37. The number of hydrogen-bond acceptors (Lipinski definition) is 2. The van der Waals surface area contributed by atoms with Gasteiger partial charge in [0, 0.05) is 31.3 Å². The van der Waals surface area contributed by atoms with Gasteiger partial charge in [-0.2, -0.15) is 0 Å². The van der Waals surface area contributed by atoms with Crippen molar-refractivity contribution >= 4 is 5.91 Å². The van der Waals surface area contributed by atoms with Crippen LogP contribution in [0.1, 0.15) is 32.6 Å². The van der Waals surface area contributed by atoms with E-state index in [1.54, 1.807) is 0 Å². The Labute approximate surface area is 100 Å². The van der Waals surface area contributed by atoms with E-state index in [1.165, 1.54) is 0 Å². The lowest BCUT2D eigenvalue weighted by Crippen LogP contribution is -2.44. The first-order valence-corrected chi connectivity index (χ1v) is 6.37. The van der Waals surface area contributed by atoms with Crippen molar-refractivity contribution in [1.82, 2.24) is 10.6 Å². The maximum atomic E-state index is 13.0. The van der Waals surface area contributed by atoms with Crippen molar-refractivity contribution in [2.75, 3.05) is 13.1 Å². The highest BCUT2D eigenvalue weighted by molar-refractivity contribution is 5.79. The number of nitrogens with one attached hydrogen (secondary N) is 2. The van der Waals surface area contributed by atoms with Crippen molar-refractivity contribution in [2.45, 2.75) is 44.6 Å². The van der Waals surface area contributed by atoms with Crippen LogP contribution < -0.4 is 10.6 Å². The van der Waals surface area contributed by atoms with E-state index in [-0.39, 0.29) is 30.7 Å². The smallest absolute Gasteiger partial charge is 0.248 e. The lowest BCUT2D eigenvalue weighted by Gasteiger charge is -2.28. The molecule has 1 aliphatic carbocycles. The molecule has 98 valence electrons. The van der Waals surface area contributed by atoms with Crippen molar-refractivity contribution in [2.24, 2.45) is 11.8 Å². The topological polar surface area (TPSA) is 41.1 Å². The van der Waals surface area contributed by atoms with Gasteiger partial charge in [-0.25, -0.2) is 8.78 Å². The molecule has 2 fully saturated rings. The second kappa shape index (κ2) is 4.88. The van der Waals surface area contributed by atoms with Gasteiger partial charge >= 0.3 is 0 Å². The van der Waals surface area contributed by atoms with Gasteiger partial charge in [-0.1, -0.05) is 6.92 Å². The maximum Gasteiger partial charge on any atom is 0.248 e. The molecule has 0 aromatic rings. The minimum absolute atomic E-state index is 0.0407. The number of hydrogen-bond donors (Lipinski definition) is 2. The van der Waals surface area contributed by atoms with Crippen molar-refractivity contribution in [1.29, 1.82) is 0 Å². The Hall–Kier alpha value is -0.710. The van der Waals surface area contributed by atoms with E-state index in [0.717, 1.165) is 13.1 Å². The number of halogens is 2. The number of amides is 1. The van der Waals surface area contributed by atoms with E-state index < -0.39 is 5.92 Å². The summed E-state index contributed by atoms with van der Waals surface area (Å²) >= 11 is 0. The molecule has 0 spiro atoms. The summed E-state index contributed by atoms with van der Waals surface area (Å²) in [5.41, 5.74) is 0. The first kappa shape index (κ1) is 12.7. The number of rotatable bonds is 2. The molecular formula is C12H20F2N2O. The summed E-state index contributed by atoms with van der Waals surface area (Å²) in [6.45, 7) is 3.78. The zero-order valence-corrected chi connectivity index (χ0v) is 10.1. The molecule has 3 nitrogen and oxygen atoms in total. The average molecular weight is 246 g/mol. The first-order chi connectivity index (χ1) is 7.98. The van der Waals surface area contributed by atoms with Gasteiger partial charge in [0.05, 0.1) is 0 Å². The molecule has 0 aromatic carbocycles. The van der Waals surface area contributed by atoms with E-state index in [9.17, 15) is 13.6 Å². The Morgan fingerprint density at radius 3 is 2.47 bits per heavy atom. The van der Waals surface area contributed by atoms with Crippen LogP contribution in [0.5, 0.6) is 0 Å². The molecule has 1 heterocycles. The van der Waals surface area contributed by atoms with E-state index in [0.29, 0.717) is 18.8 Å². The highest BCUT2D eigenvalue weighted by Gasteiger charge is 2.38. The highest BCUT2D eigenvalue weighted by Crippen LogP contribution is 2.36. The van der Waals surface area contributed by atoms with Crippen molar-refractivity contribution < 1.29 is 13.6 Å². The summed E-state index contributed by atoms with van der Waals surface area (Å²) in [6, 6.07) is 0.157. The molecule has 1 aliphatic heterocycles. The molecule has 1 saturated carbocycles. The predicted molar refractivity (Wildman–Crippen MR) is 60.9 cm³/mol. The van der Waals surface area contributed by atoms with Gasteiger partial charge in [-0.15, -0.1) is 0 Å². The SMILES string of the molecule is CC1CNCC1NC(=O)C1CCC(F)(F)CC1. The fourth-order valence-corrected chi connectivity index (χ4v) is 2.61. The van der Waals surface area contributed by atoms with Crippen molar-refractivity contribution in [3.05, 3.63) is 0 Å². The van der Waals surface area contributed by atoms with Crippen LogP contribution in [0, 0.1) is 11.8 Å². The minimum atomic E-state index is -2.56. The molecule has 2 aliphatic rings. The van der Waals surface area contributed by atoms with Crippen LogP contribution in [0.25, 0.3) is 0 Å². The molecule has 2 rings (SSSR count). The zero-order valence-electron chi connectivity index (χ0n) is 10.1. The Morgan fingerprint density at radius 2 is 1.94 bits per heavy atom. The number of alkyl halides is 2. The average Bonchev–Trinajstić information content (AvgIpc) is 2.64. The van der Waals surface area contributed by atoms with E-state index in [4.69, 9.17) is 0 Å². The van der Waals surface area contributed by atoms with Gasteiger partial charge in [0.25, 0.3) is 0 Å². The van der Waals surface area contributed by atoms with Crippen molar-refractivity contribution in [3.8, 4) is 0 Å². The second-order valence-corrected chi connectivity index (χ2v) is 5.38. The Balaban J connectivity index is 1.81. The standard InChI is InChI=1S/C12H20F2N2O/c1-8-6-15-7-10(8)16-11(17)9-2-4-12(13,14)5-3-9/h8-10,15H,2-7H2,1H3,(H,16,17). The van der Waals surface area contributed by atoms with Gasteiger partial charge in [-0.05, 0) is 25.3 Å². The second-order valence-electron chi connectivity index (χ2n) is 5.38. The molecule has 5 heteroatoms. The maximum absolute atomic E-state index is 13.0. The molecule has 1 amide bonds. The third-order valence-corrected chi connectivity index (χ3v) is 3.93. The number of carbonyl (C=O) groups is 1. The normalized spacial score (nSPS) is 33.6. The summed E-state index contributed by atoms with van der Waals surface area (Å²) in [4.78, 5) is 11.9. The van der Waals surface area contributed by atoms with Crippen LogP contribution in [0.4, 0.5) is 8.78 Å². The highest BCUT2D eigenvalue weighted by atomic mass is 19.3. The molecule has 2 N–H and O–H groups in total. The van der Waals surface area contributed by atoms with Crippen LogP contribution in [-0.2, 0) is 4.79 Å². The molecule has 2 atom stereocenters. The third-order valence-electron chi connectivity index (χ3n) is 3.93. The Bertz CT molecular complexity index is 286. The fourth-order valence-electron chi connectivity index (χ4n) is 2.61. The molecule has 0 radical (unpaired) electrons. The van der Waals surface area contributed by atoms with Gasteiger partial charge < -0.3 is 10.6 Å². The van der Waals surface area contributed by atoms with E-state index in [2.05, 4.69) is 17.6 Å². The Kier molecular flexibility index (Phi) is 3.66. The summed E-state index contributed by atoms with van der Waals surface area (Å²) in [6.07, 6.45) is 0.327. The van der Waals surface area contributed by atoms with Gasteiger partial charge in [-0.3, -0.25) is 4.79 Å². The van der Waals surface area contributed by atoms with Crippen LogP contribution in [0.3, 0.4) is 0 Å². The molecule has 2 unspecified atom stereocenters. The van der Waals surface area contributed by atoms with Crippen LogP contribution >= 0.6 is 0 Å². The van der Waals surface area contributed by atoms with Crippen molar-refractivity contribution in [3.63, 3.8) is 0 Å². The summed E-state index contributed by atoms with van der Waals surface area (Å²) in [7, 11) is 0. The predicted octanol–water partition coefficient (Wildman–Crippen LogP) is 1.54. The number of carbonyl (C=O) groups excluding carboxylic acids is 1. The van der Waals surface area contributed by atoms with Crippen LogP contribution in [0.15, 0.2) is 0 Å². The lowest BCUT2D eigenvalue weighted by atomic mass is 9.86. The largest absolute Gasteiger partial charge is 0.352 e. The lowest BCUT2D eigenvalue weighted by molar-refractivity contribution is -0.129. The quantitative estimate of drug-likeness (QED) is 0.776. The van der Waals surface area contributed by atoms with E-state index >= 15 is 0 Å². The molecule has 0 bridgehead atoms. The third kappa shape index (κ3) is 3.15. The van der Waals surface area contributed by atoms with Gasteiger partial charge in [0.2, 0.25) is 11.8 Å². The van der Waals surface area contributed by atoms with Crippen LogP contribution in [-0.4, -0.2) is 31.0 Å². The minimum Gasteiger partial charge on any atom is -0.352 e. The van der Waals surface area contributed by atoms with Gasteiger partial charge in [0.1, 0.15) is 0 Å². The summed E-state index contributed by atoms with van der Waals surface area (Å²) < 4.78 is 25.9. The summed E-state index contributed by atoms with van der Waals surface area (Å²) in [5, 5.41) is 6.19. The van der Waals surface area contributed by atoms with E-state index in [1.807, 2.05) is 0 Å². The molecule has 1 saturated heterocycles.